The number of hydrogen-bond donors (Lipinski definition) is 0. The first-order valence-corrected chi connectivity index (χ1v) is 18.4. The zero-order valence-electron chi connectivity index (χ0n) is 27.9. The number of fused-ring (bicyclic) bond motifs is 12. The normalized spacial score (nSPS) is 12.2. The van der Waals surface area contributed by atoms with Crippen LogP contribution < -0.4 is 0 Å². The average molecular weight is 681 g/mol. The SMILES string of the molecule is c1cc(-n2c3ccccc3c3cc(-n4c5ccccc5c5cc(-n6c7ccccc7c7ccccc76)ccc54)ccc32)c2sc3cnccc3c2c1. The van der Waals surface area contributed by atoms with Crippen molar-refractivity contribution < 1.29 is 0 Å². The summed E-state index contributed by atoms with van der Waals surface area (Å²) in [6.07, 6.45) is 3.88. The third-order valence-corrected chi connectivity index (χ3v) is 12.1. The van der Waals surface area contributed by atoms with Gasteiger partial charge in [-0.2, -0.15) is 0 Å². The van der Waals surface area contributed by atoms with Gasteiger partial charge in [0.25, 0.3) is 0 Å². The van der Waals surface area contributed by atoms with Crippen molar-refractivity contribution >= 4 is 96.9 Å². The maximum absolute atomic E-state index is 4.42. The third kappa shape index (κ3) is 3.72. The highest BCUT2D eigenvalue weighted by Gasteiger charge is 2.20. The molecule has 12 aromatic rings. The lowest BCUT2D eigenvalue weighted by atomic mass is 10.1. The number of thiophene rings is 1. The molecule has 0 bridgehead atoms. The van der Waals surface area contributed by atoms with Gasteiger partial charge in [0, 0.05) is 66.9 Å². The number of benzene rings is 7. The summed E-state index contributed by atoms with van der Waals surface area (Å²) in [5.74, 6) is 0. The van der Waals surface area contributed by atoms with Gasteiger partial charge in [0.15, 0.2) is 0 Å². The van der Waals surface area contributed by atoms with Crippen LogP contribution in [0.25, 0.3) is 103 Å². The molecular weight excluding hydrogens is 653 g/mol. The van der Waals surface area contributed by atoms with Gasteiger partial charge in [-0.3, -0.25) is 4.98 Å². The van der Waals surface area contributed by atoms with Crippen LogP contribution in [-0.4, -0.2) is 18.7 Å². The highest BCUT2D eigenvalue weighted by atomic mass is 32.1. The van der Waals surface area contributed by atoms with E-state index in [1.165, 1.54) is 91.3 Å². The van der Waals surface area contributed by atoms with E-state index in [9.17, 15) is 0 Å². The standard InChI is InChI=1S/C47H28N4S/c1-5-15-39-31(10-1)32-11-2-6-16-40(32)49(39)29-20-22-43-37(26-29)33-12-3-7-17-41(33)50(43)30-21-23-44-38(27-30)34-13-4-8-18-42(34)51(44)45-19-9-14-36-35-24-25-48-28-46(35)52-47(36)45/h1-28H. The predicted molar refractivity (Wildman–Crippen MR) is 220 cm³/mol. The molecule has 0 atom stereocenters. The predicted octanol–water partition coefficient (Wildman–Crippen LogP) is 12.7. The van der Waals surface area contributed by atoms with Crippen LogP contribution in [0.3, 0.4) is 0 Å². The number of nitrogens with zero attached hydrogens (tertiary/aromatic N) is 4. The van der Waals surface area contributed by atoms with Crippen molar-refractivity contribution in [2.45, 2.75) is 0 Å². The fourth-order valence-corrected chi connectivity index (χ4v) is 9.93. The zero-order valence-corrected chi connectivity index (χ0v) is 28.7. The van der Waals surface area contributed by atoms with Crippen molar-refractivity contribution in [3.63, 3.8) is 0 Å². The first kappa shape index (κ1) is 28.1. The van der Waals surface area contributed by atoms with Gasteiger partial charge in [-0.15, -0.1) is 11.3 Å². The van der Waals surface area contributed by atoms with Crippen LogP contribution in [0.2, 0.25) is 0 Å². The Hall–Kier alpha value is -6.69. The van der Waals surface area contributed by atoms with E-state index < -0.39 is 0 Å². The smallest absolute Gasteiger partial charge is 0.0640 e. The highest BCUT2D eigenvalue weighted by molar-refractivity contribution is 7.26. The second-order valence-corrected chi connectivity index (χ2v) is 14.7. The van der Waals surface area contributed by atoms with Gasteiger partial charge < -0.3 is 13.7 Å². The molecule has 0 saturated heterocycles. The second-order valence-electron chi connectivity index (χ2n) is 13.6. The maximum atomic E-state index is 4.42. The number of pyridine rings is 1. The van der Waals surface area contributed by atoms with E-state index in [0.717, 1.165) is 11.4 Å². The molecule has 0 N–H and O–H groups in total. The van der Waals surface area contributed by atoms with E-state index >= 15 is 0 Å². The molecule has 5 heteroatoms. The summed E-state index contributed by atoms with van der Waals surface area (Å²) in [4.78, 5) is 4.42. The van der Waals surface area contributed by atoms with E-state index in [2.05, 4.69) is 176 Å². The summed E-state index contributed by atoms with van der Waals surface area (Å²) in [5, 5.41) is 10.0. The highest BCUT2D eigenvalue weighted by Crippen LogP contribution is 2.42. The van der Waals surface area contributed by atoms with Gasteiger partial charge in [0.2, 0.25) is 0 Å². The first-order valence-electron chi connectivity index (χ1n) is 17.6. The lowest BCUT2D eigenvalue weighted by Crippen LogP contribution is -1.96. The van der Waals surface area contributed by atoms with Crippen molar-refractivity contribution in [2.24, 2.45) is 0 Å². The first-order chi connectivity index (χ1) is 25.8. The number of rotatable bonds is 3. The van der Waals surface area contributed by atoms with Crippen LogP contribution in [0.5, 0.6) is 0 Å². The fraction of sp³-hybridized carbons (Fsp3) is 0. The molecule has 0 fully saturated rings. The third-order valence-electron chi connectivity index (χ3n) is 10.9. The Morgan fingerprint density at radius 1 is 0.365 bits per heavy atom. The van der Waals surface area contributed by atoms with Crippen molar-refractivity contribution in [1.29, 1.82) is 0 Å². The summed E-state index contributed by atoms with van der Waals surface area (Å²) in [7, 11) is 0. The number of aromatic nitrogens is 4. The van der Waals surface area contributed by atoms with Gasteiger partial charge in [0.1, 0.15) is 0 Å². The Morgan fingerprint density at radius 2 is 0.827 bits per heavy atom. The minimum absolute atomic E-state index is 1.15. The van der Waals surface area contributed by atoms with Crippen LogP contribution in [0.15, 0.2) is 170 Å². The van der Waals surface area contributed by atoms with E-state index in [4.69, 9.17) is 0 Å². The van der Waals surface area contributed by atoms with Crippen molar-refractivity contribution in [3.8, 4) is 17.1 Å². The molecule has 242 valence electrons. The molecule has 0 spiro atoms. The minimum Gasteiger partial charge on any atom is -0.309 e. The van der Waals surface area contributed by atoms with E-state index in [1.807, 2.05) is 23.7 Å². The molecule has 52 heavy (non-hydrogen) atoms. The molecule has 0 radical (unpaired) electrons. The van der Waals surface area contributed by atoms with Crippen molar-refractivity contribution in [3.05, 3.63) is 170 Å². The molecule has 0 aliphatic heterocycles. The molecule has 5 heterocycles. The summed E-state index contributed by atoms with van der Waals surface area (Å²) < 4.78 is 9.78. The molecule has 0 aliphatic carbocycles. The Balaban J connectivity index is 1.10. The van der Waals surface area contributed by atoms with Gasteiger partial charge in [-0.05, 0) is 72.8 Å². The number of hydrogen-bond acceptors (Lipinski definition) is 2. The Bertz CT molecular complexity index is 3370. The largest absolute Gasteiger partial charge is 0.309 e. The van der Waals surface area contributed by atoms with Crippen molar-refractivity contribution in [1.82, 2.24) is 18.7 Å². The molecule has 4 nitrogen and oxygen atoms in total. The maximum Gasteiger partial charge on any atom is 0.0640 e. The lowest BCUT2D eigenvalue weighted by Gasteiger charge is -2.12. The average Bonchev–Trinajstić information content (AvgIpc) is 3.94. The van der Waals surface area contributed by atoms with Gasteiger partial charge in [-0.25, -0.2) is 0 Å². The Kier molecular flexibility index (Phi) is 5.62. The molecule has 0 amide bonds. The molecule has 7 aromatic carbocycles. The quantitative estimate of drug-likeness (QED) is 0.182. The molecule has 5 aromatic heterocycles. The molecular formula is C47H28N4S. The molecule has 0 saturated carbocycles. The minimum atomic E-state index is 1.15. The zero-order chi connectivity index (χ0) is 33.9. The van der Waals surface area contributed by atoms with Gasteiger partial charge >= 0.3 is 0 Å². The Morgan fingerprint density at radius 3 is 1.40 bits per heavy atom. The van der Waals surface area contributed by atoms with Crippen molar-refractivity contribution in [2.75, 3.05) is 0 Å². The van der Waals surface area contributed by atoms with Crippen LogP contribution in [-0.2, 0) is 0 Å². The number of para-hydroxylation sites is 4. The second kappa shape index (κ2) is 10.4. The van der Waals surface area contributed by atoms with Crippen LogP contribution in [0.1, 0.15) is 0 Å². The topological polar surface area (TPSA) is 27.7 Å². The van der Waals surface area contributed by atoms with E-state index in [0.29, 0.717) is 0 Å². The summed E-state index contributed by atoms with van der Waals surface area (Å²) in [5.41, 5.74) is 10.7. The van der Waals surface area contributed by atoms with Crippen LogP contribution in [0, 0.1) is 0 Å². The molecule has 0 unspecified atom stereocenters. The van der Waals surface area contributed by atoms with E-state index in [1.54, 1.807) is 0 Å². The van der Waals surface area contributed by atoms with E-state index in [-0.39, 0.29) is 0 Å². The Labute approximate surface area is 301 Å². The van der Waals surface area contributed by atoms with Crippen LogP contribution >= 0.6 is 11.3 Å². The molecule has 12 rings (SSSR count). The summed E-state index contributed by atoms with van der Waals surface area (Å²) in [6.45, 7) is 0. The van der Waals surface area contributed by atoms with Gasteiger partial charge in [0.05, 0.1) is 48.2 Å². The summed E-state index contributed by atoms with van der Waals surface area (Å²) in [6, 6.07) is 57.8. The summed E-state index contributed by atoms with van der Waals surface area (Å²) >= 11 is 1.82. The van der Waals surface area contributed by atoms with Gasteiger partial charge in [-0.1, -0.05) is 84.9 Å². The molecule has 0 aliphatic rings. The fourth-order valence-electron chi connectivity index (χ4n) is 8.75. The monoisotopic (exact) mass is 680 g/mol. The lowest BCUT2D eigenvalue weighted by molar-refractivity contribution is 1.16. The van der Waals surface area contributed by atoms with Crippen LogP contribution in [0.4, 0.5) is 0 Å².